The van der Waals surface area contributed by atoms with E-state index < -0.39 is 12.1 Å². The van der Waals surface area contributed by atoms with Crippen molar-refractivity contribution >= 4 is 40.8 Å². The molecule has 1 heterocycles. The molecular weight excluding hydrogens is 408 g/mol. The summed E-state index contributed by atoms with van der Waals surface area (Å²) < 4.78 is 0. The topological polar surface area (TPSA) is 124 Å². The van der Waals surface area contributed by atoms with Crippen LogP contribution in [0.5, 0.6) is 0 Å². The second-order valence-electron chi connectivity index (χ2n) is 6.93. The normalized spacial score (nSPS) is 10.0. The van der Waals surface area contributed by atoms with Crippen molar-refractivity contribution < 1.29 is 14.4 Å². The van der Waals surface area contributed by atoms with E-state index in [1.165, 1.54) is 0 Å². The van der Waals surface area contributed by atoms with E-state index in [0.29, 0.717) is 22.9 Å². The second kappa shape index (κ2) is 11.1. The van der Waals surface area contributed by atoms with Crippen molar-refractivity contribution in [2.75, 3.05) is 27.8 Å². The lowest BCUT2D eigenvalue weighted by molar-refractivity contribution is -0.116. The number of urea groups is 2. The summed E-state index contributed by atoms with van der Waals surface area (Å²) >= 11 is 0. The number of pyridine rings is 1. The van der Waals surface area contributed by atoms with Gasteiger partial charge in [0.25, 0.3) is 0 Å². The van der Waals surface area contributed by atoms with Crippen LogP contribution in [0.25, 0.3) is 0 Å². The van der Waals surface area contributed by atoms with Crippen LogP contribution in [0.4, 0.5) is 32.5 Å². The van der Waals surface area contributed by atoms with Crippen LogP contribution in [0.2, 0.25) is 0 Å². The Kier molecular flexibility index (Phi) is 7.74. The fourth-order valence-corrected chi connectivity index (χ4v) is 2.70. The number of hydrogen-bond donors (Lipinski definition) is 5. The van der Waals surface area contributed by atoms with E-state index in [2.05, 4.69) is 31.6 Å². The quantitative estimate of drug-likeness (QED) is 0.384. The third kappa shape index (κ3) is 7.45. The molecule has 0 spiro atoms. The minimum absolute atomic E-state index is 0.101. The molecule has 164 valence electrons. The molecule has 3 aromatic rings. The van der Waals surface area contributed by atoms with Crippen LogP contribution in [0, 0.1) is 6.92 Å². The van der Waals surface area contributed by atoms with Gasteiger partial charge in [-0.1, -0.05) is 30.3 Å². The van der Waals surface area contributed by atoms with Gasteiger partial charge in [-0.2, -0.15) is 0 Å². The molecule has 0 aliphatic carbocycles. The Bertz CT molecular complexity index is 1070. The van der Waals surface area contributed by atoms with Gasteiger partial charge in [-0.3, -0.25) is 4.79 Å². The molecule has 5 N–H and O–H groups in total. The highest BCUT2D eigenvalue weighted by molar-refractivity contribution is 6.00. The van der Waals surface area contributed by atoms with E-state index >= 15 is 0 Å². The zero-order valence-electron chi connectivity index (χ0n) is 17.5. The molecule has 0 saturated heterocycles. The number of rotatable bonds is 7. The van der Waals surface area contributed by atoms with Crippen LogP contribution in [0.3, 0.4) is 0 Å². The van der Waals surface area contributed by atoms with Gasteiger partial charge in [-0.15, -0.1) is 0 Å². The number of anilines is 4. The Labute approximate surface area is 185 Å². The van der Waals surface area contributed by atoms with Crippen molar-refractivity contribution in [2.45, 2.75) is 13.3 Å². The van der Waals surface area contributed by atoms with Crippen LogP contribution in [-0.4, -0.2) is 29.5 Å². The molecule has 9 heteroatoms. The number of hydrogen-bond acceptors (Lipinski definition) is 4. The molecule has 0 aliphatic rings. The molecule has 3 rings (SSSR count). The first-order chi connectivity index (χ1) is 15.5. The van der Waals surface area contributed by atoms with Gasteiger partial charge < -0.3 is 26.6 Å². The molecule has 0 atom stereocenters. The maximum Gasteiger partial charge on any atom is 0.323 e. The second-order valence-corrected chi connectivity index (χ2v) is 6.93. The minimum atomic E-state index is -0.461. The Balaban J connectivity index is 1.41. The fourth-order valence-electron chi connectivity index (χ4n) is 2.70. The van der Waals surface area contributed by atoms with Gasteiger partial charge in [0.1, 0.15) is 5.82 Å². The average Bonchev–Trinajstić information content (AvgIpc) is 2.76. The van der Waals surface area contributed by atoms with E-state index in [9.17, 15) is 14.4 Å². The number of para-hydroxylation sites is 1. The molecule has 0 fully saturated rings. The zero-order valence-corrected chi connectivity index (χ0v) is 17.5. The van der Waals surface area contributed by atoms with Crippen molar-refractivity contribution in [1.82, 2.24) is 10.3 Å². The predicted molar refractivity (Wildman–Crippen MR) is 125 cm³/mol. The molecule has 9 nitrogen and oxygen atoms in total. The Hall–Kier alpha value is -4.40. The van der Waals surface area contributed by atoms with Gasteiger partial charge in [-0.25, -0.2) is 14.6 Å². The van der Waals surface area contributed by atoms with Gasteiger partial charge >= 0.3 is 12.1 Å². The summed E-state index contributed by atoms with van der Waals surface area (Å²) in [4.78, 5) is 40.3. The number of benzene rings is 2. The lowest BCUT2D eigenvalue weighted by Gasteiger charge is -2.11. The molecule has 1 aromatic heterocycles. The summed E-state index contributed by atoms with van der Waals surface area (Å²) in [6.45, 7) is 2.06. The SMILES string of the molecule is Cc1ccc(NC(=O)CCNC(=O)Nc2cccc(NC(=O)Nc3ccccc3)c2)nc1. The van der Waals surface area contributed by atoms with E-state index in [1.54, 1.807) is 48.7 Å². The van der Waals surface area contributed by atoms with Crippen LogP contribution in [0.15, 0.2) is 72.9 Å². The summed E-state index contributed by atoms with van der Waals surface area (Å²) in [6, 6.07) is 18.5. The first-order valence-electron chi connectivity index (χ1n) is 9.98. The number of aromatic nitrogens is 1. The number of nitrogens with zero attached hydrogens (tertiary/aromatic N) is 1. The highest BCUT2D eigenvalue weighted by Gasteiger charge is 2.07. The molecule has 0 unspecified atom stereocenters. The average molecular weight is 432 g/mol. The molecule has 0 bridgehead atoms. The maximum atomic E-state index is 12.1. The molecule has 0 radical (unpaired) electrons. The van der Waals surface area contributed by atoms with E-state index in [-0.39, 0.29) is 18.9 Å². The summed E-state index contributed by atoms with van der Waals surface area (Å²) in [5, 5.41) is 13.4. The van der Waals surface area contributed by atoms with Gasteiger partial charge in [0.2, 0.25) is 5.91 Å². The summed E-state index contributed by atoms with van der Waals surface area (Å²) in [6.07, 6.45) is 1.76. The third-order valence-corrected chi connectivity index (χ3v) is 4.23. The highest BCUT2D eigenvalue weighted by Crippen LogP contribution is 2.15. The largest absolute Gasteiger partial charge is 0.337 e. The number of aryl methyl sites for hydroxylation is 1. The minimum Gasteiger partial charge on any atom is -0.337 e. The summed E-state index contributed by atoms with van der Waals surface area (Å²) in [7, 11) is 0. The van der Waals surface area contributed by atoms with Crippen molar-refractivity contribution in [1.29, 1.82) is 0 Å². The lowest BCUT2D eigenvalue weighted by atomic mass is 10.3. The van der Waals surface area contributed by atoms with Crippen molar-refractivity contribution in [3.05, 3.63) is 78.5 Å². The first kappa shape index (κ1) is 22.3. The highest BCUT2D eigenvalue weighted by atomic mass is 16.2. The lowest BCUT2D eigenvalue weighted by Crippen LogP contribution is -2.31. The van der Waals surface area contributed by atoms with Gasteiger partial charge in [0.15, 0.2) is 0 Å². The zero-order chi connectivity index (χ0) is 22.8. The van der Waals surface area contributed by atoms with Gasteiger partial charge in [0.05, 0.1) is 0 Å². The molecule has 0 aliphatic heterocycles. The maximum absolute atomic E-state index is 12.1. The molecule has 5 amide bonds. The Morgan fingerprint density at radius 3 is 2.09 bits per heavy atom. The number of amides is 5. The Morgan fingerprint density at radius 1 is 0.750 bits per heavy atom. The monoisotopic (exact) mass is 432 g/mol. The number of nitrogens with one attached hydrogen (secondary N) is 5. The molecule has 32 heavy (non-hydrogen) atoms. The fraction of sp³-hybridized carbons (Fsp3) is 0.130. The molecular formula is C23H24N6O3. The smallest absolute Gasteiger partial charge is 0.323 e. The van der Waals surface area contributed by atoms with Gasteiger partial charge in [-0.05, 0) is 48.9 Å². The van der Waals surface area contributed by atoms with Crippen LogP contribution in [-0.2, 0) is 4.79 Å². The van der Waals surface area contributed by atoms with Crippen molar-refractivity contribution in [3.63, 3.8) is 0 Å². The molecule has 2 aromatic carbocycles. The van der Waals surface area contributed by atoms with Crippen molar-refractivity contribution in [3.8, 4) is 0 Å². The van der Waals surface area contributed by atoms with Crippen LogP contribution in [0.1, 0.15) is 12.0 Å². The summed E-state index contributed by atoms with van der Waals surface area (Å²) in [5.41, 5.74) is 2.67. The molecule has 0 saturated carbocycles. The predicted octanol–water partition coefficient (Wildman–Crippen LogP) is 4.18. The van der Waals surface area contributed by atoms with Crippen LogP contribution >= 0.6 is 0 Å². The number of carbonyl (C=O) groups excluding carboxylic acids is 3. The van der Waals surface area contributed by atoms with E-state index in [1.807, 2.05) is 31.2 Å². The number of carbonyl (C=O) groups is 3. The van der Waals surface area contributed by atoms with Crippen LogP contribution < -0.4 is 26.6 Å². The third-order valence-electron chi connectivity index (χ3n) is 4.23. The van der Waals surface area contributed by atoms with E-state index in [4.69, 9.17) is 0 Å². The van der Waals surface area contributed by atoms with Gasteiger partial charge in [0, 0.05) is 36.2 Å². The van der Waals surface area contributed by atoms with E-state index in [0.717, 1.165) is 5.56 Å². The summed E-state index contributed by atoms with van der Waals surface area (Å²) in [5.74, 6) is 0.211. The standard InChI is InChI=1S/C23H24N6O3/c1-16-10-11-20(25-15-16)29-21(30)12-13-24-22(31)27-18-8-5-9-19(14-18)28-23(32)26-17-6-3-2-4-7-17/h2-11,14-15H,12-13H2,1H3,(H2,24,27,31)(H,25,29,30)(H2,26,28,32). The first-order valence-corrected chi connectivity index (χ1v) is 9.98. The Morgan fingerprint density at radius 2 is 1.41 bits per heavy atom. The van der Waals surface area contributed by atoms with Crippen molar-refractivity contribution in [2.24, 2.45) is 0 Å².